The molecule has 0 unspecified atom stereocenters. The Hall–Kier alpha value is -3.94. The minimum absolute atomic E-state index is 0.710. The zero-order chi connectivity index (χ0) is 33.9. The Kier molecular flexibility index (Phi) is 12.9. The van der Waals surface area contributed by atoms with Gasteiger partial charge < -0.3 is 38.5 Å². The lowest BCUT2D eigenvalue weighted by Crippen LogP contribution is -2.30. The lowest BCUT2D eigenvalue weighted by atomic mass is 10.1. The number of nitrogens with zero attached hydrogens (tertiary/aromatic N) is 4. The van der Waals surface area contributed by atoms with Gasteiger partial charge in [-0.2, -0.15) is 0 Å². The summed E-state index contributed by atoms with van der Waals surface area (Å²) >= 11 is 0. The van der Waals surface area contributed by atoms with Crippen LogP contribution >= 0.6 is 0 Å². The van der Waals surface area contributed by atoms with Crippen molar-refractivity contribution < 1.29 is 18.9 Å². The van der Waals surface area contributed by atoms with Gasteiger partial charge >= 0.3 is 0 Å². The summed E-state index contributed by atoms with van der Waals surface area (Å²) in [5.74, 6) is 3.73. The quantitative estimate of drug-likeness (QED) is 0.111. The van der Waals surface area contributed by atoms with Gasteiger partial charge in [-0.1, -0.05) is 77.6 Å². The maximum atomic E-state index is 6.41. The number of ether oxygens (including phenoxy) is 4. The van der Waals surface area contributed by atoms with Gasteiger partial charge in [0.25, 0.3) is 0 Å². The number of hydrogen-bond donors (Lipinski definition) is 0. The number of hydrogen-bond acceptors (Lipinski definition) is 8. The Labute approximate surface area is 289 Å². The second-order valence-corrected chi connectivity index (χ2v) is 13.2. The van der Waals surface area contributed by atoms with Crippen molar-refractivity contribution in [3.8, 4) is 23.0 Å². The van der Waals surface area contributed by atoms with Crippen LogP contribution in [0.1, 0.15) is 90.2 Å². The van der Waals surface area contributed by atoms with E-state index in [0.717, 1.165) is 137 Å². The molecule has 0 fully saturated rings. The van der Waals surface area contributed by atoms with Gasteiger partial charge in [-0.25, -0.2) is 0 Å². The van der Waals surface area contributed by atoms with Gasteiger partial charge in [-0.3, -0.25) is 0 Å². The normalized spacial score (nSPS) is 13.6. The average molecular weight is 659 g/mol. The molecule has 2 aliphatic heterocycles. The van der Waals surface area contributed by atoms with E-state index in [4.69, 9.17) is 18.9 Å². The SMILES string of the molecule is CCCCOc1ccc(OCCCC)c2c1N(C)CN2Cc1ccccc1CN1CN(C)c2c(OCCCC)ccc(OCCCC)c21. The van der Waals surface area contributed by atoms with Crippen molar-refractivity contribution in [1.29, 1.82) is 0 Å². The van der Waals surface area contributed by atoms with Crippen LogP contribution in [0.2, 0.25) is 0 Å². The third-order valence-corrected chi connectivity index (χ3v) is 9.18. The van der Waals surface area contributed by atoms with Crippen LogP contribution < -0.4 is 38.5 Å². The highest BCUT2D eigenvalue weighted by Gasteiger charge is 2.33. The van der Waals surface area contributed by atoms with Gasteiger partial charge in [0.15, 0.2) is 0 Å². The molecule has 0 spiro atoms. The van der Waals surface area contributed by atoms with E-state index in [9.17, 15) is 0 Å². The van der Waals surface area contributed by atoms with Gasteiger partial charge in [-0.05, 0) is 61.1 Å². The zero-order valence-electron chi connectivity index (χ0n) is 30.4. The molecule has 3 aromatic carbocycles. The standard InChI is InChI=1S/C40H58N4O4/c1-7-11-23-45-33-19-21-35(47-25-13-9-3)39-37(33)41(5)29-43(39)27-31-17-15-16-18-32(31)28-44-30-42(6)38-34(46-24-12-8-2)20-22-36(40(38)44)48-26-14-10-4/h15-22H,7-14,23-30H2,1-6H3. The number of benzene rings is 3. The van der Waals surface area contributed by atoms with Crippen LogP contribution in [0.5, 0.6) is 23.0 Å². The van der Waals surface area contributed by atoms with Gasteiger partial charge in [0.05, 0.1) is 39.8 Å². The van der Waals surface area contributed by atoms with Crippen molar-refractivity contribution in [2.24, 2.45) is 0 Å². The summed E-state index contributed by atoms with van der Waals surface area (Å²) in [7, 11) is 4.31. The first-order chi connectivity index (χ1) is 23.5. The lowest BCUT2D eigenvalue weighted by molar-refractivity contribution is 0.303. The van der Waals surface area contributed by atoms with Crippen LogP contribution in [0.15, 0.2) is 48.5 Å². The van der Waals surface area contributed by atoms with Crippen molar-refractivity contribution in [1.82, 2.24) is 0 Å². The Morgan fingerprint density at radius 2 is 0.771 bits per heavy atom. The molecule has 2 heterocycles. The first-order valence-electron chi connectivity index (χ1n) is 18.3. The van der Waals surface area contributed by atoms with Crippen molar-refractivity contribution >= 4 is 22.7 Å². The molecule has 0 bridgehead atoms. The van der Waals surface area contributed by atoms with Crippen molar-refractivity contribution in [2.45, 2.75) is 92.2 Å². The summed E-state index contributed by atoms with van der Waals surface area (Å²) in [4.78, 5) is 9.51. The van der Waals surface area contributed by atoms with Crippen molar-refractivity contribution in [3.63, 3.8) is 0 Å². The van der Waals surface area contributed by atoms with E-state index in [1.54, 1.807) is 0 Å². The molecule has 0 aliphatic carbocycles. The maximum Gasteiger partial charge on any atom is 0.145 e. The second kappa shape index (κ2) is 17.5. The minimum atomic E-state index is 0.710. The molecule has 0 saturated heterocycles. The van der Waals surface area contributed by atoms with Crippen LogP contribution in [0.25, 0.3) is 0 Å². The summed E-state index contributed by atoms with van der Waals surface area (Å²) in [5.41, 5.74) is 7.11. The Bertz CT molecular complexity index is 1350. The molecule has 2 aliphatic rings. The van der Waals surface area contributed by atoms with E-state index >= 15 is 0 Å². The highest BCUT2D eigenvalue weighted by Crippen LogP contribution is 2.51. The van der Waals surface area contributed by atoms with Crippen LogP contribution in [0, 0.1) is 0 Å². The van der Waals surface area contributed by atoms with Gasteiger partial charge in [0.1, 0.15) is 45.7 Å². The molecule has 48 heavy (non-hydrogen) atoms. The molecule has 262 valence electrons. The van der Waals surface area contributed by atoms with E-state index in [2.05, 4.69) is 110 Å². The topological polar surface area (TPSA) is 49.9 Å². The zero-order valence-corrected chi connectivity index (χ0v) is 30.4. The van der Waals surface area contributed by atoms with E-state index in [1.165, 1.54) is 11.1 Å². The first-order valence-corrected chi connectivity index (χ1v) is 18.3. The number of rotatable bonds is 20. The predicted molar refractivity (Wildman–Crippen MR) is 200 cm³/mol. The fourth-order valence-corrected chi connectivity index (χ4v) is 6.54. The Morgan fingerprint density at radius 3 is 1.08 bits per heavy atom. The third kappa shape index (κ3) is 8.19. The van der Waals surface area contributed by atoms with E-state index in [1.807, 2.05) is 0 Å². The monoisotopic (exact) mass is 658 g/mol. The molecule has 3 aromatic rings. The molecular weight excluding hydrogens is 600 g/mol. The number of fused-ring (bicyclic) bond motifs is 2. The van der Waals surface area contributed by atoms with Crippen molar-refractivity contribution in [2.75, 3.05) is 73.5 Å². The number of unbranched alkanes of at least 4 members (excludes halogenated alkanes) is 4. The molecule has 0 radical (unpaired) electrons. The fourth-order valence-electron chi connectivity index (χ4n) is 6.54. The summed E-state index contributed by atoms with van der Waals surface area (Å²) in [6.07, 6.45) is 8.56. The molecule has 0 aromatic heterocycles. The largest absolute Gasteiger partial charge is 0.491 e. The molecule has 5 rings (SSSR count). The second-order valence-electron chi connectivity index (χ2n) is 13.2. The highest BCUT2D eigenvalue weighted by molar-refractivity contribution is 5.88. The summed E-state index contributed by atoms with van der Waals surface area (Å²) < 4.78 is 25.5. The summed E-state index contributed by atoms with van der Waals surface area (Å²) in [6.45, 7) is 14.7. The fraction of sp³-hybridized carbons (Fsp3) is 0.550. The molecule has 0 N–H and O–H groups in total. The van der Waals surface area contributed by atoms with E-state index < -0.39 is 0 Å². The van der Waals surface area contributed by atoms with Gasteiger partial charge in [-0.15, -0.1) is 0 Å². The predicted octanol–water partition coefficient (Wildman–Crippen LogP) is 9.23. The highest BCUT2D eigenvalue weighted by atomic mass is 16.5. The van der Waals surface area contributed by atoms with Gasteiger partial charge in [0.2, 0.25) is 0 Å². The van der Waals surface area contributed by atoms with Crippen LogP contribution in [0.3, 0.4) is 0 Å². The first kappa shape index (κ1) is 35.4. The Morgan fingerprint density at radius 1 is 0.458 bits per heavy atom. The smallest absolute Gasteiger partial charge is 0.145 e. The molecule has 8 nitrogen and oxygen atoms in total. The summed E-state index contributed by atoms with van der Waals surface area (Å²) in [5, 5.41) is 0. The Balaban J connectivity index is 1.44. The lowest BCUT2D eigenvalue weighted by Gasteiger charge is -2.26. The third-order valence-electron chi connectivity index (χ3n) is 9.18. The van der Waals surface area contributed by atoms with Gasteiger partial charge in [0, 0.05) is 27.2 Å². The minimum Gasteiger partial charge on any atom is -0.491 e. The average Bonchev–Trinajstić information content (AvgIpc) is 3.60. The molecule has 8 heteroatoms. The molecule has 0 saturated carbocycles. The van der Waals surface area contributed by atoms with Crippen LogP contribution in [0.4, 0.5) is 22.7 Å². The molecular formula is C40H58N4O4. The molecule has 0 amide bonds. The summed E-state index contributed by atoms with van der Waals surface area (Å²) in [6, 6.07) is 17.2. The van der Waals surface area contributed by atoms with Crippen LogP contribution in [-0.2, 0) is 13.1 Å². The maximum absolute atomic E-state index is 6.41. The number of anilines is 4. The van der Waals surface area contributed by atoms with E-state index in [-0.39, 0.29) is 0 Å². The van der Waals surface area contributed by atoms with Crippen LogP contribution in [-0.4, -0.2) is 53.9 Å². The van der Waals surface area contributed by atoms with E-state index in [0.29, 0.717) is 13.2 Å². The van der Waals surface area contributed by atoms with Crippen molar-refractivity contribution in [3.05, 3.63) is 59.7 Å². The molecule has 0 atom stereocenters.